The summed E-state index contributed by atoms with van der Waals surface area (Å²) in [5.74, 6) is -0.0532. The highest BCUT2D eigenvalue weighted by atomic mass is 16.2. The van der Waals surface area contributed by atoms with Gasteiger partial charge >= 0.3 is 0 Å². The number of nitrogens with zero attached hydrogens (tertiary/aromatic N) is 5. The van der Waals surface area contributed by atoms with Crippen LogP contribution in [0.5, 0.6) is 0 Å². The van der Waals surface area contributed by atoms with Crippen molar-refractivity contribution in [2.75, 3.05) is 6.54 Å². The van der Waals surface area contributed by atoms with E-state index in [2.05, 4.69) is 20.5 Å². The highest BCUT2D eigenvalue weighted by Gasteiger charge is 2.12. The fraction of sp³-hybridized carbons (Fsp3) is 0.538. The third-order valence-electron chi connectivity index (χ3n) is 3.52. The first-order valence-electron chi connectivity index (χ1n) is 6.60. The van der Waals surface area contributed by atoms with Crippen LogP contribution in [0.3, 0.4) is 0 Å². The van der Waals surface area contributed by atoms with Gasteiger partial charge in [0.05, 0.1) is 11.7 Å². The van der Waals surface area contributed by atoms with Gasteiger partial charge in [0, 0.05) is 12.2 Å². The minimum atomic E-state index is -0.0532. The molecule has 0 fully saturated rings. The Labute approximate surface area is 118 Å². The van der Waals surface area contributed by atoms with Crippen LogP contribution >= 0.6 is 0 Å². The summed E-state index contributed by atoms with van der Waals surface area (Å²) >= 11 is 0. The van der Waals surface area contributed by atoms with Gasteiger partial charge < -0.3 is 5.32 Å². The summed E-state index contributed by atoms with van der Waals surface area (Å²) in [4.78, 5) is 15.8. The van der Waals surface area contributed by atoms with Gasteiger partial charge in [0.15, 0.2) is 0 Å². The van der Waals surface area contributed by atoms with E-state index in [-0.39, 0.29) is 18.5 Å². The molecule has 0 spiro atoms. The lowest BCUT2D eigenvalue weighted by molar-refractivity contribution is -0.122. The second-order valence-electron chi connectivity index (χ2n) is 4.98. The van der Waals surface area contributed by atoms with Gasteiger partial charge in [-0.1, -0.05) is 0 Å². The average molecular weight is 276 g/mol. The number of carbonyl (C=O) groups is 1. The Morgan fingerprint density at radius 1 is 1.40 bits per heavy atom. The maximum Gasteiger partial charge on any atom is 0.241 e. The predicted octanol–water partition coefficient (Wildman–Crippen LogP) is 0.777. The van der Waals surface area contributed by atoms with Crippen LogP contribution in [0.1, 0.15) is 29.9 Å². The maximum absolute atomic E-state index is 11.9. The highest BCUT2D eigenvalue weighted by molar-refractivity contribution is 5.75. The zero-order valence-corrected chi connectivity index (χ0v) is 12.3. The van der Waals surface area contributed by atoms with Gasteiger partial charge in [0.25, 0.3) is 0 Å². The molecular weight excluding hydrogens is 256 g/mol. The van der Waals surface area contributed by atoms with Crippen molar-refractivity contribution >= 4 is 5.91 Å². The Hall–Kier alpha value is -2.18. The molecule has 0 saturated heterocycles. The molecule has 2 aromatic heterocycles. The van der Waals surface area contributed by atoms with Crippen LogP contribution in [0.2, 0.25) is 0 Å². The molecule has 0 radical (unpaired) electrons. The Kier molecular flexibility index (Phi) is 4.16. The van der Waals surface area contributed by atoms with Gasteiger partial charge in [-0.3, -0.25) is 9.48 Å². The van der Waals surface area contributed by atoms with Crippen LogP contribution in [0.15, 0.2) is 12.7 Å². The molecule has 0 aliphatic rings. The lowest BCUT2D eigenvalue weighted by atomic mass is 10.2. The van der Waals surface area contributed by atoms with E-state index >= 15 is 0 Å². The van der Waals surface area contributed by atoms with Crippen LogP contribution in [-0.2, 0) is 11.3 Å². The van der Waals surface area contributed by atoms with E-state index in [9.17, 15) is 4.79 Å². The number of carbonyl (C=O) groups excluding carboxylic acids is 1. The number of hydrogen-bond donors (Lipinski definition) is 1. The first kappa shape index (κ1) is 14.2. The van der Waals surface area contributed by atoms with Crippen molar-refractivity contribution < 1.29 is 4.79 Å². The molecule has 7 nitrogen and oxygen atoms in total. The standard InChI is InChI=1S/C13H20N6O/c1-9(19-8-14-7-16-19)5-15-13(20)6-18-12(4)10(2)11(3)17-18/h7-9H,5-6H2,1-4H3,(H,15,20)/t9-/m0/s1. The Balaban J connectivity index is 1.88. The Morgan fingerprint density at radius 3 is 2.70 bits per heavy atom. The Bertz CT molecular complexity index is 586. The summed E-state index contributed by atoms with van der Waals surface area (Å²) in [6, 6.07) is 0.0728. The van der Waals surface area contributed by atoms with Crippen molar-refractivity contribution in [1.29, 1.82) is 0 Å². The van der Waals surface area contributed by atoms with Crippen LogP contribution in [0.4, 0.5) is 0 Å². The highest BCUT2D eigenvalue weighted by Crippen LogP contribution is 2.10. The zero-order valence-electron chi connectivity index (χ0n) is 12.3. The number of nitrogens with one attached hydrogen (secondary N) is 1. The molecule has 0 saturated carbocycles. The van der Waals surface area contributed by atoms with Crippen LogP contribution in [-0.4, -0.2) is 37.0 Å². The summed E-state index contributed by atoms with van der Waals surface area (Å²) in [6.45, 7) is 8.66. The molecule has 2 heterocycles. The third kappa shape index (κ3) is 3.04. The molecule has 0 aliphatic carbocycles. The molecule has 0 aliphatic heterocycles. The van der Waals surface area contributed by atoms with Crippen molar-refractivity contribution in [3.63, 3.8) is 0 Å². The van der Waals surface area contributed by atoms with E-state index in [1.807, 2.05) is 27.7 Å². The van der Waals surface area contributed by atoms with Crippen molar-refractivity contribution in [2.24, 2.45) is 0 Å². The summed E-state index contributed by atoms with van der Waals surface area (Å²) in [6.07, 6.45) is 3.12. The van der Waals surface area contributed by atoms with Gasteiger partial charge in [-0.2, -0.15) is 10.2 Å². The number of hydrogen-bond acceptors (Lipinski definition) is 4. The molecule has 20 heavy (non-hydrogen) atoms. The first-order valence-corrected chi connectivity index (χ1v) is 6.60. The molecule has 7 heteroatoms. The molecule has 0 bridgehead atoms. The molecule has 1 N–H and O–H groups in total. The molecule has 1 atom stereocenters. The minimum absolute atomic E-state index is 0.0532. The summed E-state index contributed by atoms with van der Waals surface area (Å²) in [5, 5.41) is 11.3. The number of rotatable bonds is 5. The van der Waals surface area contributed by atoms with E-state index in [4.69, 9.17) is 0 Å². The maximum atomic E-state index is 11.9. The second kappa shape index (κ2) is 5.85. The molecule has 2 rings (SSSR count). The average Bonchev–Trinajstić information content (AvgIpc) is 3.02. The topological polar surface area (TPSA) is 77.6 Å². The largest absolute Gasteiger partial charge is 0.352 e. The van der Waals surface area contributed by atoms with Crippen molar-refractivity contribution in [1.82, 2.24) is 29.9 Å². The van der Waals surface area contributed by atoms with Gasteiger partial charge in [-0.05, 0) is 33.3 Å². The normalized spacial score (nSPS) is 12.4. The molecule has 0 unspecified atom stereocenters. The lowest BCUT2D eigenvalue weighted by Crippen LogP contribution is -2.33. The van der Waals surface area contributed by atoms with Crippen molar-refractivity contribution in [3.05, 3.63) is 29.6 Å². The minimum Gasteiger partial charge on any atom is -0.352 e. The Morgan fingerprint density at radius 2 is 2.15 bits per heavy atom. The predicted molar refractivity (Wildman–Crippen MR) is 74.2 cm³/mol. The van der Waals surface area contributed by atoms with Gasteiger partial charge in [-0.15, -0.1) is 0 Å². The SMILES string of the molecule is Cc1nn(CC(=O)NC[C@H](C)n2cncn2)c(C)c1C. The van der Waals surface area contributed by atoms with E-state index in [0.29, 0.717) is 6.54 Å². The van der Waals surface area contributed by atoms with Crippen molar-refractivity contribution in [2.45, 2.75) is 40.3 Å². The lowest BCUT2D eigenvalue weighted by Gasteiger charge is -2.13. The molecule has 2 aromatic rings. The molecule has 1 amide bonds. The van der Waals surface area contributed by atoms with Crippen LogP contribution in [0.25, 0.3) is 0 Å². The van der Waals surface area contributed by atoms with E-state index in [1.54, 1.807) is 15.7 Å². The van der Waals surface area contributed by atoms with E-state index in [0.717, 1.165) is 17.0 Å². The summed E-state index contributed by atoms with van der Waals surface area (Å²) in [7, 11) is 0. The molecular formula is C13H20N6O. The van der Waals surface area contributed by atoms with E-state index < -0.39 is 0 Å². The fourth-order valence-electron chi connectivity index (χ4n) is 1.93. The van der Waals surface area contributed by atoms with Crippen molar-refractivity contribution in [3.8, 4) is 0 Å². The van der Waals surface area contributed by atoms with Crippen LogP contribution < -0.4 is 5.32 Å². The van der Waals surface area contributed by atoms with Gasteiger partial charge in [-0.25, -0.2) is 9.67 Å². The monoisotopic (exact) mass is 276 g/mol. The third-order valence-corrected chi connectivity index (χ3v) is 3.52. The summed E-state index contributed by atoms with van der Waals surface area (Å²) in [5.41, 5.74) is 3.13. The van der Waals surface area contributed by atoms with Gasteiger partial charge in [0.2, 0.25) is 5.91 Å². The number of aryl methyl sites for hydroxylation is 1. The molecule has 0 aromatic carbocycles. The fourth-order valence-corrected chi connectivity index (χ4v) is 1.93. The van der Waals surface area contributed by atoms with Crippen LogP contribution in [0, 0.1) is 20.8 Å². The smallest absolute Gasteiger partial charge is 0.241 e. The quantitative estimate of drug-likeness (QED) is 0.875. The summed E-state index contributed by atoms with van der Waals surface area (Å²) < 4.78 is 3.45. The second-order valence-corrected chi connectivity index (χ2v) is 4.98. The first-order chi connectivity index (χ1) is 9.49. The van der Waals surface area contributed by atoms with Gasteiger partial charge in [0.1, 0.15) is 19.2 Å². The zero-order chi connectivity index (χ0) is 14.7. The molecule has 108 valence electrons. The number of amides is 1. The van der Waals surface area contributed by atoms with E-state index in [1.165, 1.54) is 6.33 Å². The number of aromatic nitrogens is 5.